The SMILES string of the molecule is CCCCOc1ccccc1OCCc1ccc(OCC)c(Cl)c1. The Morgan fingerprint density at radius 1 is 0.833 bits per heavy atom. The van der Waals surface area contributed by atoms with Gasteiger partial charge in [-0.25, -0.2) is 0 Å². The Morgan fingerprint density at radius 3 is 2.17 bits per heavy atom. The molecule has 0 fully saturated rings. The van der Waals surface area contributed by atoms with Gasteiger partial charge in [-0.05, 0) is 43.2 Å². The highest BCUT2D eigenvalue weighted by molar-refractivity contribution is 6.32. The molecule has 2 aromatic carbocycles. The fourth-order valence-corrected chi connectivity index (χ4v) is 2.52. The minimum atomic E-state index is 0.568. The maximum atomic E-state index is 6.21. The van der Waals surface area contributed by atoms with Crippen LogP contribution in [0.25, 0.3) is 0 Å². The molecule has 2 aromatic rings. The van der Waals surface area contributed by atoms with Crippen molar-refractivity contribution in [1.29, 1.82) is 0 Å². The maximum Gasteiger partial charge on any atom is 0.161 e. The van der Waals surface area contributed by atoms with E-state index in [1.807, 2.05) is 49.4 Å². The van der Waals surface area contributed by atoms with Gasteiger partial charge in [-0.15, -0.1) is 0 Å². The summed E-state index contributed by atoms with van der Waals surface area (Å²) in [6.07, 6.45) is 2.93. The van der Waals surface area contributed by atoms with E-state index in [1.54, 1.807) is 0 Å². The summed E-state index contributed by atoms with van der Waals surface area (Å²) in [7, 11) is 0. The Hall–Kier alpha value is -1.87. The van der Waals surface area contributed by atoms with Crippen LogP contribution in [0.15, 0.2) is 42.5 Å². The molecule has 3 nitrogen and oxygen atoms in total. The summed E-state index contributed by atoms with van der Waals surface area (Å²) in [5.41, 5.74) is 1.12. The molecule has 2 rings (SSSR count). The molecule has 0 N–H and O–H groups in total. The van der Waals surface area contributed by atoms with Gasteiger partial charge in [0.05, 0.1) is 24.8 Å². The minimum Gasteiger partial charge on any atom is -0.492 e. The van der Waals surface area contributed by atoms with Crippen molar-refractivity contribution in [1.82, 2.24) is 0 Å². The van der Waals surface area contributed by atoms with E-state index in [0.29, 0.717) is 24.8 Å². The van der Waals surface area contributed by atoms with E-state index >= 15 is 0 Å². The van der Waals surface area contributed by atoms with E-state index in [-0.39, 0.29) is 0 Å². The fraction of sp³-hybridized carbons (Fsp3) is 0.400. The van der Waals surface area contributed by atoms with Crippen LogP contribution in [0.4, 0.5) is 0 Å². The highest BCUT2D eigenvalue weighted by Crippen LogP contribution is 2.28. The summed E-state index contributed by atoms with van der Waals surface area (Å²) in [6, 6.07) is 13.6. The molecule has 24 heavy (non-hydrogen) atoms. The first kappa shape index (κ1) is 18.5. The van der Waals surface area contributed by atoms with Crippen LogP contribution in [0.2, 0.25) is 5.02 Å². The molecule has 0 unspecified atom stereocenters. The van der Waals surface area contributed by atoms with Crippen LogP contribution >= 0.6 is 11.6 Å². The predicted octanol–water partition coefficient (Wildman–Crippen LogP) is 5.54. The second-order valence-corrected chi connectivity index (χ2v) is 5.85. The molecule has 0 saturated carbocycles. The number of rotatable bonds is 10. The van der Waals surface area contributed by atoms with Gasteiger partial charge in [0.15, 0.2) is 11.5 Å². The van der Waals surface area contributed by atoms with Crippen LogP contribution in [0.5, 0.6) is 17.2 Å². The smallest absolute Gasteiger partial charge is 0.161 e. The third-order valence-corrected chi connectivity index (χ3v) is 3.84. The van der Waals surface area contributed by atoms with Gasteiger partial charge >= 0.3 is 0 Å². The van der Waals surface area contributed by atoms with Gasteiger partial charge in [0.1, 0.15) is 5.75 Å². The van der Waals surface area contributed by atoms with Crippen molar-refractivity contribution < 1.29 is 14.2 Å². The highest BCUT2D eigenvalue weighted by atomic mass is 35.5. The topological polar surface area (TPSA) is 27.7 Å². The minimum absolute atomic E-state index is 0.568. The van der Waals surface area contributed by atoms with Crippen molar-refractivity contribution in [3.05, 3.63) is 53.1 Å². The van der Waals surface area contributed by atoms with Gasteiger partial charge in [-0.3, -0.25) is 0 Å². The molecule has 0 amide bonds. The molecule has 0 aliphatic rings. The van der Waals surface area contributed by atoms with E-state index in [9.17, 15) is 0 Å². The van der Waals surface area contributed by atoms with Crippen LogP contribution < -0.4 is 14.2 Å². The Morgan fingerprint density at radius 2 is 1.54 bits per heavy atom. The molecule has 0 radical (unpaired) electrons. The zero-order chi connectivity index (χ0) is 17.2. The lowest BCUT2D eigenvalue weighted by molar-refractivity contribution is 0.266. The van der Waals surface area contributed by atoms with Gasteiger partial charge < -0.3 is 14.2 Å². The van der Waals surface area contributed by atoms with Crippen molar-refractivity contribution in [3.63, 3.8) is 0 Å². The van der Waals surface area contributed by atoms with Crippen LogP contribution in [0.1, 0.15) is 32.3 Å². The van der Waals surface area contributed by atoms with Crippen LogP contribution in [-0.4, -0.2) is 19.8 Å². The van der Waals surface area contributed by atoms with Crippen molar-refractivity contribution >= 4 is 11.6 Å². The molecule has 130 valence electrons. The molecule has 0 atom stereocenters. The lowest BCUT2D eigenvalue weighted by atomic mass is 10.1. The number of benzene rings is 2. The second-order valence-electron chi connectivity index (χ2n) is 5.44. The van der Waals surface area contributed by atoms with Crippen molar-refractivity contribution in [3.8, 4) is 17.2 Å². The molecule has 0 aromatic heterocycles. The Bertz CT molecular complexity index is 628. The van der Waals surface area contributed by atoms with E-state index < -0.39 is 0 Å². The van der Waals surface area contributed by atoms with Crippen LogP contribution in [0, 0.1) is 0 Å². The van der Waals surface area contributed by atoms with Gasteiger partial charge in [-0.1, -0.05) is 43.1 Å². The Labute approximate surface area is 149 Å². The molecule has 0 aliphatic heterocycles. The number of ether oxygens (including phenoxy) is 3. The first-order chi connectivity index (χ1) is 11.7. The summed E-state index contributed by atoms with van der Waals surface area (Å²) < 4.78 is 17.1. The molecular formula is C20H25ClO3. The van der Waals surface area contributed by atoms with E-state index in [4.69, 9.17) is 25.8 Å². The highest BCUT2D eigenvalue weighted by Gasteiger charge is 2.06. The standard InChI is InChI=1S/C20H25ClO3/c1-3-5-13-23-19-8-6-7-9-20(19)24-14-12-16-10-11-18(22-4-2)17(21)15-16/h6-11,15H,3-5,12-14H2,1-2H3. The number of hydrogen-bond acceptors (Lipinski definition) is 3. The largest absolute Gasteiger partial charge is 0.492 e. The van der Waals surface area contributed by atoms with Crippen molar-refractivity contribution in [2.24, 2.45) is 0 Å². The number of halogens is 1. The Kier molecular flexibility index (Phi) is 7.76. The maximum absolute atomic E-state index is 6.21. The average Bonchev–Trinajstić information content (AvgIpc) is 2.59. The number of para-hydroxylation sites is 2. The van der Waals surface area contributed by atoms with E-state index in [0.717, 1.165) is 42.1 Å². The summed E-state index contributed by atoms with van der Waals surface area (Å²) in [5.74, 6) is 2.31. The zero-order valence-electron chi connectivity index (χ0n) is 14.4. The van der Waals surface area contributed by atoms with Crippen molar-refractivity contribution in [2.45, 2.75) is 33.1 Å². The van der Waals surface area contributed by atoms with Gasteiger partial charge in [-0.2, -0.15) is 0 Å². The predicted molar refractivity (Wildman–Crippen MR) is 98.7 cm³/mol. The molecule has 4 heteroatoms. The molecular weight excluding hydrogens is 324 g/mol. The molecule has 0 spiro atoms. The first-order valence-corrected chi connectivity index (χ1v) is 8.88. The first-order valence-electron chi connectivity index (χ1n) is 8.50. The van der Waals surface area contributed by atoms with Gasteiger partial charge in [0.2, 0.25) is 0 Å². The number of unbranched alkanes of at least 4 members (excludes halogenated alkanes) is 1. The third kappa shape index (κ3) is 5.64. The lowest BCUT2D eigenvalue weighted by Gasteiger charge is -2.13. The van der Waals surface area contributed by atoms with E-state index in [1.165, 1.54) is 0 Å². The monoisotopic (exact) mass is 348 g/mol. The second kappa shape index (κ2) is 10.1. The fourth-order valence-electron chi connectivity index (χ4n) is 2.27. The normalized spacial score (nSPS) is 10.5. The third-order valence-electron chi connectivity index (χ3n) is 3.55. The molecule has 0 heterocycles. The summed E-state index contributed by atoms with van der Waals surface area (Å²) in [6.45, 7) is 5.98. The Balaban J connectivity index is 1.89. The number of hydrogen-bond donors (Lipinski definition) is 0. The quantitative estimate of drug-likeness (QED) is 0.527. The molecule has 0 saturated heterocycles. The van der Waals surface area contributed by atoms with Crippen molar-refractivity contribution in [2.75, 3.05) is 19.8 Å². The molecule has 0 aliphatic carbocycles. The lowest BCUT2D eigenvalue weighted by Crippen LogP contribution is -2.04. The van der Waals surface area contributed by atoms with Crippen LogP contribution in [-0.2, 0) is 6.42 Å². The van der Waals surface area contributed by atoms with Gasteiger partial charge in [0, 0.05) is 6.42 Å². The average molecular weight is 349 g/mol. The summed E-state index contributed by atoms with van der Waals surface area (Å²) >= 11 is 6.21. The molecule has 0 bridgehead atoms. The summed E-state index contributed by atoms with van der Waals surface area (Å²) in [5, 5.41) is 0.637. The van der Waals surface area contributed by atoms with Crippen LogP contribution in [0.3, 0.4) is 0 Å². The van der Waals surface area contributed by atoms with Gasteiger partial charge in [0.25, 0.3) is 0 Å². The zero-order valence-corrected chi connectivity index (χ0v) is 15.1. The van der Waals surface area contributed by atoms with E-state index in [2.05, 4.69) is 6.92 Å². The summed E-state index contributed by atoms with van der Waals surface area (Å²) in [4.78, 5) is 0.